The minimum absolute atomic E-state index is 0.0659. The number of aryl methyl sites for hydroxylation is 1. The molecule has 0 radical (unpaired) electrons. The molecule has 2 heterocycles. The lowest BCUT2D eigenvalue weighted by Crippen LogP contribution is -2.28. The quantitative estimate of drug-likeness (QED) is 0.661. The van der Waals surface area contributed by atoms with Crippen LogP contribution in [0.15, 0.2) is 24.8 Å². The molecule has 3 aromatic rings. The first-order valence-electron chi connectivity index (χ1n) is 9.82. The number of ketones is 1. The number of amides is 1. The fraction of sp³-hybridized carbons (Fsp3) is 0.364. The Hall–Kier alpha value is -3.29. The van der Waals surface area contributed by atoms with E-state index in [0.717, 1.165) is 5.69 Å². The van der Waals surface area contributed by atoms with E-state index in [2.05, 4.69) is 22.1 Å². The van der Waals surface area contributed by atoms with E-state index in [0.29, 0.717) is 41.8 Å². The molecule has 0 spiro atoms. The number of halogens is 1. The van der Waals surface area contributed by atoms with E-state index < -0.39 is 5.82 Å². The lowest BCUT2D eigenvalue weighted by molar-refractivity contribution is -0.114. The molecule has 0 saturated heterocycles. The molecule has 0 atom stereocenters. The number of nitrogens with zero attached hydrogens (tertiary/aromatic N) is 4. The van der Waals surface area contributed by atoms with Gasteiger partial charge in [0.05, 0.1) is 40.1 Å². The predicted molar refractivity (Wildman–Crippen MR) is 112 cm³/mol. The van der Waals surface area contributed by atoms with Crippen molar-refractivity contribution in [1.29, 1.82) is 0 Å². The van der Waals surface area contributed by atoms with Crippen LogP contribution in [0.3, 0.4) is 0 Å². The molecule has 1 aliphatic carbocycles. The van der Waals surface area contributed by atoms with Gasteiger partial charge in [0.25, 0.3) is 0 Å². The maximum Gasteiger partial charge on any atom is 0.222 e. The third-order valence-corrected chi connectivity index (χ3v) is 5.35. The minimum atomic E-state index is -0.523. The molecule has 8 heteroatoms. The second kappa shape index (κ2) is 6.90. The van der Waals surface area contributed by atoms with Gasteiger partial charge in [-0.2, -0.15) is 10.2 Å². The van der Waals surface area contributed by atoms with Gasteiger partial charge in [0.2, 0.25) is 5.91 Å². The van der Waals surface area contributed by atoms with Crippen LogP contribution in [0.2, 0.25) is 0 Å². The average Bonchev–Trinajstić information content (AvgIpc) is 3.12. The van der Waals surface area contributed by atoms with Crippen molar-refractivity contribution in [3.63, 3.8) is 0 Å². The zero-order valence-electron chi connectivity index (χ0n) is 17.5. The van der Waals surface area contributed by atoms with Crippen LogP contribution in [0.5, 0.6) is 0 Å². The van der Waals surface area contributed by atoms with Crippen molar-refractivity contribution in [2.75, 3.05) is 5.32 Å². The van der Waals surface area contributed by atoms with Crippen molar-refractivity contribution >= 4 is 28.4 Å². The van der Waals surface area contributed by atoms with E-state index in [-0.39, 0.29) is 28.3 Å². The Morgan fingerprint density at radius 2 is 2.07 bits per heavy atom. The van der Waals surface area contributed by atoms with Gasteiger partial charge in [0.15, 0.2) is 11.6 Å². The van der Waals surface area contributed by atoms with Gasteiger partial charge in [-0.3, -0.25) is 14.3 Å². The molecule has 2 aromatic heterocycles. The van der Waals surface area contributed by atoms with Gasteiger partial charge in [-0.1, -0.05) is 19.9 Å². The molecule has 30 heavy (non-hydrogen) atoms. The van der Waals surface area contributed by atoms with Crippen LogP contribution >= 0.6 is 0 Å². The molecule has 7 nitrogen and oxygen atoms in total. The molecule has 1 N–H and O–H groups in total. The van der Waals surface area contributed by atoms with Crippen LogP contribution in [0.1, 0.15) is 48.9 Å². The Balaban J connectivity index is 1.95. The molecule has 1 amide bonds. The number of benzene rings is 1. The van der Waals surface area contributed by atoms with Crippen LogP contribution in [-0.2, 0) is 17.8 Å². The number of carbonyl (C=O) groups is 2. The van der Waals surface area contributed by atoms with Crippen molar-refractivity contribution in [2.24, 2.45) is 5.41 Å². The number of anilines is 1. The van der Waals surface area contributed by atoms with Crippen LogP contribution in [0.4, 0.5) is 10.2 Å². The summed E-state index contributed by atoms with van der Waals surface area (Å²) in [7, 11) is 0. The molecular formula is C22H24FN5O2. The normalized spacial score (nSPS) is 15.3. The number of aromatic nitrogens is 4. The summed E-state index contributed by atoms with van der Waals surface area (Å²) in [5, 5.41) is 11.7. The van der Waals surface area contributed by atoms with Gasteiger partial charge in [-0.25, -0.2) is 9.07 Å². The van der Waals surface area contributed by atoms with Crippen LogP contribution < -0.4 is 5.32 Å². The second-order valence-corrected chi connectivity index (χ2v) is 8.58. The number of Topliss-reactive ketones (excluding diaryl/α,β-unsaturated/α-hetero) is 1. The molecule has 4 rings (SSSR count). The summed E-state index contributed by atoms with van der Waals surface area (Å²) in [6.07, 6.45) is 2.78. The number of hydrogen-bond acceptors (Lipinski definition) is 4. The number of rotatable bonds is 4. The van der Waals surface area contributed by atoms with Gasteiger partial charge in [-0.15, -0.1) is 6.58 Å². The zero-order chi connectivity index (χ0) is 21.8. The SMILES string of the molecule is C=CCn1nc(NC(C)=O)c2c(F)cc(-n3nc(C)c4c3CC(C)(C)CC4=O)cc21. The van der Waals surface area contributed by atoms with Crippen molar-refractivity contribution in [2.45, 2.75) is 47.1 Å². The molecular weight excluding hydrogens is 385 g/mol. The molecule has 0 bridgehead atoms. The van der Waals surface area contributed by atoms with Crippen molar-refractivity contribution in [3.05, 3.63) is 47.6 Å². The predicted octanol–water partition coefficient (Wildman–Crippen LogP) is 3.97. The fourth-order valence-corrected chi connectivity index (χ4v) is 4.23. The van der Waals surface area contributed by atoms with E-state index in [1.807, 2.05) is 13.8 Å². The maximum absolute atomic E-state index is 15.2. The Morgan fingerprint density at radius 1 is 1.33 bits per heavy atom. The van der Waals surface area contributed by atoms with Crippen LogP contribution in [0.25, 0.3) is 16.6 Å². The minimum Gasteiger partial charge on any atom is -0.309 e. The van der Waals surface area contributed by atoms with E-state index in [4.69, 9.17) is 0 Å². The Kier molecular flexibility index (Phi) is 4.60. The van der Waals surface area contributed by atoms with E-state index in [9.17, 15) is 9.59 Å². The molecule has 1 aromatic carbocycles. The third-order valence-electron chi connectivity index (χ3n) is 5.35. The summed E-state index contributed by atoms with van der Waals surface area (Å²) in [5.74, 6) is -0.624. The average molecular weight is 409 g/mol. The Bertz CT molecular complexity index is 1220. The van der Waals surface area contributed by atoms with Gasteiger partial charge in [0.1, 0.15) is 5.82 Å². The lowest BCUT2D eigenvalue weighted by Gasteiger charge is -2.29. The number of hydrogen-bond donors (Lipinski definition) is 1. The van der Waals surface area contributed by atoms with Crippen molar-refractivity contribution < 1.29 is 14.0 Å². The van der Waals surface area contributed by atoms with Crippen molar-refractivity contribution in [1.82, 2.24) is 19.6 Å². The topological polar surface area (TPSA) is 81.8 Å². The van der Waals surface area contributed by atoms with Crippen molar-refractivity contribution in [3.8, 4) is 5.69 Å². The van der Waals surface area contributed by atoms with E-state index in [1.54, 1.807) is 28.4 Å². The summed E-state index contributed by atoms with van der Waals surface area (Å²) < 4.78 is 18.5. The number of allylic oxidation sites excluding steroid dienone is 1. The molecule has 156 valence electrons. The van der Waals surface area contributed by atoms with Gasteiger partial charge < -0.3 is 5.32 Å². The van der Waals surface area contributed by atoms with E-state index >= 15 is 4.39 Å². The highest BCUT2D eigenvalue weighted by Crippen LogP contribution is 2.38. The highest BCUT2D eigenvalue weighted by molar-refractivity contribution is 6.01. The highest BCUT2D eigenvalue weighted by Gasteiger charge is 2.36. The highest BCUT2D eigenvalue weighted by atomic mass is 19.1. The van der Waals surface area contributed by atoms with Gasteiger partial charge in [0, 0.05) is 19.4 Å². The summed E-state index contributed by atoms with van der Waals surface area (Å²) in [6.45, 7) is 11.3. The maximum atomic E-state index is 15.2. The second-order valence-electron chi connectivity index (χ2n) is 8.58. The summed E-state index contributed by atoms with van der Waals surface area (Å²) >= 11 is 0. The molecule has 0 unspecified atom stereocenters. The van der Waals surface area contributed by atoms with E-state index in [1.165, 1.54) is 13.0 Å². The lowest BCUT2D eigenvalue weighted by atomic mass is 9.75. The smallest absolute Gasteiger partial charge is 0.222 e. The van der Waals surface area contributed by atoms with Gasteiger partial charge in [-0.05, 0) is 24.8 Å². The first kappa shape index (κ1) is 20.0. The number of fused-ring (bicyclic) bond motifs is 2. The summed E-state index contributed by atoms with van der Waals surface area (Å²) in [6, 6.07) is 3.14. The molecule has 0 fully saturated rings. The standard InChI is InChI=1S/C22H24FN5O2/c1-6-7-27-16-9-14(8-15(23)20(16)21(26-27)24-13(3)29)28-17-10-22(4,5)11-18(30)19(17)12(2)25-28/h6,8-9H,1,7,10-11H2,2-5H3,(H,24,26,29). The monoisotopic (exact) mass is 409 g/mol. The Labute approximate surface area is 173 Å². The zero-order valence-corrected chi connectivity index (χ0v) is 17.5. The Morgan fingerprint density at radius 3 is 2.73 bits per heavy atom. The first-order valence-corrected chi connectivity index (χ1v) is 9.82. The molecule has 0 aliphatic heterocycles. The molecule has 1 aliphatic rings. The number of nitrogens with one attached hydrogen (secondary N) is 1. The summed E-state index contributed by atoms with van der Waals surface area (Å²) in [5.41, 5.74) is 2.90. The largest absolute Gasteiger partial charge is 0.309 e. The van der Waals surface area contributed by atoms with Gasteiger partial charge >= 0.3 is 0 Å². The molecule has 0 saturated carbocycles. The van der Waals surface area contributed by atoms with Crippen LogP contribution in [-0.4, -0.2) is 31.3 Å². The third kappa shape index (κ3) is 3.22. The first-order chi connectivity index (χ1) is 14.1. The summed E-state index contributed by atoms with van der Waals surface area (Å²) in [4.78, 5) is 24.2. The van der Waals surface area contributed by atoms with Crippen LogP contribution in [0, 0.1) is 18.2 Å². The fourth-order valence-electron chi connectivity index (χ4n) is 4.23. The number of carbonyl (C=O) groups excluding carboxylic acids is 2.